The summed E-state index contributed by atoms with van der Waals surface area (Å²) < 4.78 is 5.87. The molecule has 2 N–H and O–H groups in total. The Bertz CT molecular complexity index is 249. The summed E-state index contributed by atoms with van der Waals surface area (Å²) in [5, 5.41) is 0. The summed E-state index contributed by atoms with van der Waals surface area (Å²) in [6.07, 6.45) is 2.84. The van der Waals surface area contributed by atoms with Crippen LogP contribution in [0.1, 0.15) is 26.2 Å². The maximum absolute atomic E-state index is 11.9. The van der Waals surface area contributed by atoms with Gasteiger partial charge in [0.25, 0.3) is 0 Å². The topological polar surface area (TPSA) is 52.3 Å². The Morgan fingerprint density at radius 1 is 1.67 bits per heavy atom. The molecule has 0 aromatic carbocycles. The van der Waals surface area contributed by atoms with Crippen LogP contribution in [0.3, 0.4) is 0 Å². The summed E-state index contributed by atoms with van der Waals surface area (Å²) in [5.74, 6) is 2.57. The van der Waals surface area contributed by atoms with Crippen LogP contribution in [0.5, 0.6) is 0 Å². The van der Waals surface area contributed by atoms with Gasteiger partial charge in [-0.3, -0.25) is 4.79 Å². The third-order valence-electron chi connectivity index (χ3n) is 3.41. The standard InChI is InChI=1S/C11H19NO2S/c1-8(12)10(13)9-2-4-14-11(6-9)3-5-15-7-11/h8-9H,2-7,12H2,1H3/t8-,9?,11?/m0/s1. The fourth-order valence-corrected chi connectivity index (χ4v) is 3.88. The summed E-state index contributed by atoms with van der Waals surface area (Å²) in [6, 6.07) is -0.320. The zero-order valence-corrected chi connectivity index (χ0v) is 10.0. The van der Waals surface area contributed by atoms with E-state index in [1.807, 2.05) is 11.8 Å². The van der Waals surface area contributed by atoms with Crippen molar-refractivity contribution >= 4 is 17.5 Å². The molecule has 2 heterocycles. The molecule has 2 saturated heterocycles. The van der Waals surface area contributed by atoms with Crippen molar-refractivity contribution in [3.05, 3.63) is 0 Å². The van der Waals surface area contributed by atoms with Gasteiger partial charge in [0.15, 0.2) is 5.78 Å². The average Bonchev–Trinajstić information content (AvgIpc) is 2.65. The van der Waals surface area contributed by atoms with Crippen LogP contribution in [0.15, 0.2) is 0 Å². The predicted molar refractivity (Wildman–Crippen MR) is 62.0 cm³/mol. The minimum absolute atomic E-state index is 0.00185. The molecule has 0 amide bonds. The number of carbonyl (C=O) groups is 1. The summed E-state index contributed by atoms with van der Waals surface area (Å²) in [5.41, 5.74) is 5.66. The van der Waals surface area contributed by atoms with E-state index in [4.69, 9.17) is 10.5 Å². The minimum atomic E-state index is -0.320. The van der Waals surface area contributed by atoms with Crippen molar-refractivity contribution in [1.29, 1.82) is 0 Å². The van der Waals surface area contributed by atoms with Gasteiger partial charge < -0.3 is 10.5 Å². The molecule has 3 nitrogen and oxygen atoms in total. The van der Waals surface area contributed by atoms with E-state index >= 15 is 0 Å². The highest BCUT2D eigenvalue weighted by Crippen LogP contribution is 2.40. The Morgan fingerprint density at radius 3 is 3.07 bits per heavy atom. The largest absolute Gasteiger partial charge is 0.374 e. The molecule has 4 heteroatoms. The molecule has 0 aromatic rings. The van der Waals surface area contributed by atoms with Crippen LogP contribution >= 0.6 is 11.8 Å². The van der Waals surface area contributed by atoms with E-state index in [2.05, 4.69) is 0 Å². The number of Topliss-reactive ketones (excluding diaryl/α,β-unsaturated/α-hetero) is 1. The maximum Gasteiger partial charge on any atom is 0.152 e. The zero-order valence-electron chi connectivity index (χ0n) is 9.20. The molecule has 2 aliphatic heterocycles. The van der Waals surface area contributed by atoms with Gasteiger partial charge in [-0.15, -0.1) is 0 Å². The molecule has 0 radical (unpaired) electrons. The predicted octanol–water partition coefficient (Wildman–Crippen LogP) is 1.20. The number of rotatable bonds is 2. The fraction of sp³-hybridized carbons (Fsp3) is 0.909. The van der Waals surface area contributed by atoms with E-state index in [1.165, 1.54) is 5.75 Å². The SMILES string of the molecule is C[C@H](N)C(=O)C1CCOC2(CCSC2)C1. The van der Waals surface area contributed by atoms with Gasteiger partial charge in [-0.2, -0.15) is 11.8 Å². The molecular formula is C11H19NO2S. The van der Waals surface area contributed by atoms with E-state index in [0.717, 1.165) is 31.6 Å². The first kappa shape index (κ1) is 11.4. The van der Waals surface area contributed by atoms with Crippen molar-refractivity contribution in [1.82, 2.24) is 0 Å². The van der Waals surface area contributed by atoms with Crippen molar-refractivity contribution in [3.63, 3.8) is 0 Å². The van der Waals surface area contributed by atoms with Crippen molar-refractivity contribution < 1.29 is 9.53 Å². The highest BCUT2D eigenvalue weighted by Gasteiger charge is 2.42. The maximum atomic E-state index is 11.9. The molecule has 2 unspecified atom stereocenters. The first-order valence-corrected chi connectivity index (χ1v) is 6.79. The van der Waals surface area contributed by atoms with E-state index in [1.54, 1.807) is 6.92 Å². The number of ether oxygens (including phenoxy) is 1. The van der Waals surface area contributed by atoms with Gasteiger partial charge in [-0.05, 0) is 31.9 Å². The van der Waals surface area contributed by atoms with Crippen LogP contribution in [0.25, 0.3) is 0 Å². The molecule has 2 rings (SSSR count). The molecule has 15 heavy (non-hydrogen) atoms. The number of hydrogen-bond donors (Lipinski definition) is 1. The second-order valence-electron chi connectivity index (χ2n) is 4.71. The molecule has 0 saturated carbocycles. The van der Waals surface area contributed by atoms with E-state index in [0.29, 0.717) is 0 Å². The summed E-state index contributed by atoms with van der Waals surface area (Å²) in [7, 11) is 0. The second kappa shape index (κ2) is 4.44. The second-order valence-corrected chi connectivity index (χ2v) is 5.82. The number of nitrogens with two attached hydrogens (primary N) is 1. The number of hydrogen-bond acceptors (Lipinski definition) is 4. The van der Waals surface area contributed by atoms with Crippen molar-refractivity contribution in [2.75, 3.05) is 18.1 Å². The minimum Gasteiger partial charge on any atom is -0.374 e. The Morgan fingerprint density at radius 2 is 2.47 bits per heavy atom. The van der Waals surface area contributed by atoms with Gasteiger partial charge in [0.1, 0.15) is 0 Å². The van der Waals surface area contributed by atoms with Crippen LogP contribution in [0, 0.1) is 5.92 Å². The molecular weight excluding hydrogens is 210 g/mol. The van der Waals surface area contributed by atoms with Crippen LogP contribution in [-0.4, -0.2) is 35.5 Å². The van der Waals surface area contributed by atoms with Crippen LogP contribution < -0.4 is 5.73 Å². The summed E-state index contributed by atoms with van der Waals surface area (Å²) in [6.45, 7) is 2.51. The van der Waals surface area contributed by atoms with Crippen molar-refractivity contribution in [2.24, 2.45) is 11.7 Å². The molecule has 3 atom stereocenters. The van der Waals surface area contributed by atoms with Gasteiger partial charge >= 0.3 is 0 Å². The lowest BCUT2D eigenvalue weighted by molar-refractivity contribution is -0.134. The molecule has 1 spiro atoms. The Labute approximate surface area is 95.1 Å². The van der Waals surface area contributed by atoms with E-state index in [9.17, 15) is 4.79 Å². The lowest BCUT2D eigenvalue weighted by Crippen LogP contribution is -2.45. The van der Waals surface area contributed by atoms with Crippen LogP contribution in [-0.2, 0) is 9.53 Å². The summed E-state index contributed by atoms with van der Waals surface area (Å²) >= 11 is 1.93. The smallest absolute Gasteiger partial charge is 0.152 e. The summed E-state index contributed by atoms with van der Waals surface area (Å²) in [4.78, 5) is 11.9. The quantitative estimate of drug-likeness (QED) is 0.773. The molecule has 2 aliphatic rings. The Kier molecular flexibility index (Phi) is 3.38. The van der Waals surface area contributed by atoms with E-state index in [-0.39, 0.29) is 23.3 Å². The normalized spacial score (nSPS) is 38.1. The number of ketones is 1. The van der Waals surface area contributed by atoms with Gasteiger partial charge in [0, 0.05) is 18.3 Å². The van der Waals surface area contributed by atoms with Crippen molar-refractivity contribution in [3.8, 4) is 0 Å². The average molecular weight is 229 g/mol. The lowest BCUT2D eigenvalue weighted by atomic mass is 9.81. The Balaban J connectivity index is 2.00. The first-order chi connectivity index (χ1) is 7.13. The first-order valence-electron chi connectivity index (χ1n) is 5.64. The van der Waals surface area contributed by atoms with Gasteiger partial charge in [0.2, 0.25) is 0 Å². The highest BCUT2D eigenvalue weighted by atomic mass is 32.2. The molecule has 0 aromatic heterocycles. The molecule has 86 valence electrons. The zero-order chi connectivity index (χ0) is 10.9. The molecule has 0 bridgehead atoms. The lowest BCUT2D eigenvalue weighted by Gasteiger charge is -2.37. The molecule has 2 fully saturated rings. The monoisotopic (exact) mass is 229 g/mol. The van der Waals surface area contributed by atoms with E-state index < -0.39 is 0 Å². The Hall–Kier alpha value is -0.0600. The fourth-order valence-electron chi connectivity index (χ4n) is 2.51. The third-order valence-corrected chi connectivity index (χ3v) is 4.63. The number of carbonyl (C=O) groups excluding carboxylic acids is 1. The van der Waals surface area contributed by atoms with Gasteiger partial charge in [0.05, 0.1) is 11.6 Å². The van der Waals surface area contributed by atoms with Gasteiger partial charge in [-0.1, -0.05) is 0 Å². The molecule has 0 aliphatic carbocycles. The van der Waals surface area contributed by atoms with Crippen molar-refractivity contribution in [2.45, 2.75) is 37.8 Å². The van der Waals surface area contributed by atoms with Crippen LogP contribution in [0.4, 0.5) is 0 Å². The van der Waals surface area contributed by atoms with Crippen LogP contribution in [0.2, 0.25) is 0 Å². The third kappa shape index (κ3) is 2.37. The highest BCUT2D eigenvalue weighted by molar-refractivity contribution is 7.99. The number of thioether (sulfide) groups is 1. The van der Waals surface area contributed by atoms with Gasteiger partial charge in [-0.25, -0.2) is 0 Å².